The van der Waals surface area contributed by atoms with Crippen LogP contribution in [0.5, 0.6) is 0 Å². The zero-order valence-corrected chi connectivity index (χ0v) is 16.8. The van der Waals surface area contributed by atoms with Gasteiger partial charge in [-0.2, -0.15) is 18.4 Å². The Hall–Kier alpha value is -4.11. The fourth-order valence-corrected chi connectivity index (χ4v) is 3.55. The second-order valence-electron chi connectivity index (χ2n) is 7.31. The molecule has 4 aromatic rings. The number of nitrogens with one attached hydrogen (secondary N) is 1. The fourth-order valence-electron chi connectivity index (χ4n) is 3.55. The van der Waals surface area contributed by atoms with E-state index in [9.17, 15) is 18.0 Å². The van der Waals surface area contributed by atoms with Crippen LogP contribution in [0.15, 0.2) is 84.9 Å². The molecule has 158 valence electrons. The maximum atomic E-state index is 12.9. The van der Waals surface area contributed by atoms with E-state index in [2.05, 4.69) is 11.4 Å². The van der Waals surface area contributed by atoms with E-state index in [0.717, 1.165) is 34.0 Å². The predicted molar refractivity (Wildman–Crippen MR) is 117 cm³/mol. The van der Waals surface area contributed by atoms with E-state index < -0.39 is 11.7 Å². The van der Waals surface area contributed by atoms with Crippen molar-refractivity contribution in [2.75, 3.05) is 0 Å². The zero-order valence-electron chi connectivity index (χ0n) is 16.8. The van der Waals surface area contributed by atoms with Crippen molar-refractivity contribution in [1.29, 1.82) is 5.26 Å². The zero-order chi connectivity index (χ0) is 22.7. The lowest BCUT2D eigenvalue weighted by atomic mass is 9.96. The van der Waals surface area contributed by atoms with Crippen molar-refractivity contribution < 1.29 is 18.0 Å². The Kier molecular flexibility index (Phi) is 5.65. The summed E-state index contributed by atoms with van der Waals surface area (Å²) in [6.45, 7) is 0.290. The highest BCUT2D eigenvalue weighted by atomic mass is 19.4. The summed E-state index contributed by atoms with van der Waals surface area (Å²) in [5.41, 5.74) is 2.58. The monoisotopic (exact) mass is 430 g/mol. The predicted octanol–water partition coefficient (Wildman–Crippen LogP) is 6.33. The highest BCUT2D eigenvalue weighted by Gasteiger charge is 2.30. The van der Waals surface area contributed by atoms with E-state index in [0.29, 0.717) is 16.7 Å². The highest BCUT2D eigenvalue weighted by Crippen LogP contribution is 2.33. The normalized spacial score (nSPS) is 11.2. The van der Waals surface area contributed by atoms with Gasteiger partial charge in [-0.15, -0.1) is 0 Å². The second kappa shape index (κ2) is 8.56. The van der Waals surface area contributed by atoms with Gasteiger partial charge in [0.05, 0.1) is 17.2 Å². The number of amides is 1. The molecule has 0 unspecified atom stereocenters. The van der Waals surface area contributed by atoms with Crippen molar-refractivity contribution in [2.45, 2.75) is 12.7 Å². The maximum absolute atomic E-state index is 12.9. The summed E-state index contributed by atoms with van der Waals surface area (Å²) in [5.74, 6) is -0.255. The number of carbonyl (C=O) groups is 1. The first-order valence-electron chi connectivity index (χ1n) is 9.83. The molecule has 0 aliphatic carbocycles. The largest absolute Gasteiger partial charge is 0.416 e. The van der Waals surface area contributed by atoms with Gasteiger partial charge < -0.3 is 5.32 Å². The van der Waals surface area contributed by atoms with Gasteiger partial charge in [0.25, 0.3) is 5.91 Å². The van der Waals surface area contributed by atoms with Crippen LogP contribution >= 0.6 is 0 Å². The van der Waals surface area contributed by atoms with Gasteiger partial charge in [0.2, 0.25) is 0 Å². The molecule has 4 aromatic carbocycles. The summed E-state index contributed by atoms with van der Waals surface area (Å²) in [5, 5.41) is 13.5. The highest BCUT2D eigenvalue weighted by molar-refractivity contribution is 6.02. The van der Waals surface area contributed by atoms with Crippen LogP contribution < -0.4 is 5.32 Å². The lowest BCUT2D eigenvalue weighted by Crippen LogP contribution is -2.22. The van der Waals surface area contributed by atoms with Crippen LogP contribution in [0.25, 0.3) is 21.9 Å². The molecule has 0 saturated carbocycles. The molecule has 3 nitrogen and oxygen atoms in total. The number of alkyl halides is 3. The molecule has 0 aliphatic heterocycles. The van der Waals surface area contributed by atoms with Crippen molar-refractivity contribution in [3.63, 3.8) is 0 Å². The minimum Gasteiger partial charge on any atom is -0.348 e. The first kappa shape index (κ1) is 21.1. The Morgan fingerprint density at radius 1 is 0.906 bits per heavy atom. The van der Waals surface area contributed by atoms with Gasteiger partial charge in [0.15, 0.2) is 0 Å². The van der Waals surface area contributed by atoms with Crippen molar-refractivity contribution in [3.05, 3.63) is 107 Å². The third kappa shape index (κ3) is 4.47. The molecule has 0 heterocycles. The van der Waals surface area contributed by atoms with Gasteiger partial charge in [-0.05, 0) is 63.9 Å². The maximum Gasteiger partial charge on any atom is 0.416 e. The number of carbonyl (C=O) groups excluding carboxylic acids is 1. The quantitative estimate of drug-likeness (QED) is 0.411. The Bertz CT molecular complexity index is 1340. The topological polar surface area (TPSA) is 52.9 Å². The van der Waals surface area contributed by atoms with Gasteiger partial charge in [0.1, 0.15) is 0 Å². The average Bonchev–Trinajstić information content (AvgIpc) is 2.81. The summed E-state index contributed by atoms with van der Waals surface area (Å²) in [7, 11) is 0. The van der Waals surface area contributed by atoms with Gasteiger partial charge in [-0.1, -0.05) is 48.5 Å². The van der Waals surface area contributed by atoms with Gasteiger partial charge in [0, 0.05) is 12.1 Å². The third-order valence-corrected chi connectivity index (χ3v) is 5.17. The van der Waals surface area contributed by atoms with E-state index >= 15 is 0 Å². The molecule has 0 aliphatic rings. The molecule has 0 fully saturated rings. The minimum absolute atomic E-state index is 0.255. The number of nitriles is 1. The molecule has 1 N–H and O–H groups in total. The number of benzene rings is 4. The lowest BCUT2D eigenvalue weighted by molar-refractivity contribution is -0.137. The first-order valence-corrected chi connectivity index (χ1v) is 9.83. The smallest absolute Gasteiger partial charge is 0.348 e. The molecule has 0 bridgehead atoms. The molecule has 4 rings (SSSR count). The van der Waals surface area contributed by atoms with E-state index in [1.165, 1.54) is 12.1 Å². The van der Waals surface area contributed by atoms with Crippen LogP contribution in [0.1, 0.15) is 27.0 Å². The summed E-state index contributed by atoms with van der Waals surface area (Å²) in [4.78, 5) is 12.6. The number of hydrogen-bond acceptors (Lipinski definition) is 2. The Morgan fingerprint density at radius 2 is 1.66 bits per heavy atom. The molecule has 0 aromatic heterocycles. The molecule has 1 amide bonds. The summed E-state index contributed by atoms with van der Waals surface area (Å²) < 4.78 is 38.6. The molecule has 0 atom stereocenters. The third-order valence-electron chi connectivity index (χ3n) is 5.17. The summed E-state index contributed by atoms with van der Waals surface area (Å²) in [6.07, 6.45) is -4.38. The molecule has 0 radical (unpaired) electrons. The molecule has 0 spiro atoms. The van der Waals surface area contributed by atoms with Crippen LogP contribution in [-0.2, 0) is 12.7 Å². The number of fused-ring (bicyclic) bond motifs is 1. The van der Waals surface area contributed by atoms with Crippen LogP contribution in [0, 0.1) is 11.3 Å². The van der Waals surface area contributed by atoms with E-state index in [4.69, 9.17) is 5.26 Å². The number of rotatable bonds is 4. The molecule has 6 heteroatoms. The van der Waals surface area contributed by atoms with E-state index in [1.54, 1.807) is 36.4 Å². The SMILES string of the molecule is N#Cc1cccc(CNC(=O)c2ccc3c(-c4ccc(C(F)(F)F)cc4)cccc3c2)c1. The summed E-state index contributed by atoms with van der Waals surface area (Å²) in [6, 6.07) is 24.9. The standard InChI is InChI=1S/C26H17F3N2O/c27-26(28,29)22-10-7-19(8-11-22)23-6-2-5-20-14-21(9-12-24(20)23)25(32)31-16-18-4-1-3-17(13-18)15-30/h1-14H,16H2,(H,31,32). The minimum atomic E-state index is -4.38. The number of nitrogens with zero attached hydrogens (tertiary/aromatic N) is 1. The molecule has 32 heavy (non-hydrogen) atoms. The van der Waals surface area contributed by atoms with Crippen molar-refractivity contribution >= 4 is 16.7 Å². The fraction of sp³-hybridized carbons (Fsp3) is 0.0769. The molecular weight excluding hydrogens is 413 g/mol. The van der Waals surface area contributed by atoms with Crippen molar-refractivity contribution in [1.82, 2.24) is 5.32 Å². The van der Waals surface area contributed by atoms with E-state index in [-0.39, 0.29) is 12.5 Å². The number of hydrogen-bond donors (Lipinski definition) is 1. The molecular formula is C26H17F3N2O. The van der Waals surface area contributed by atoms with Crippen molar-refractivity contribution in [3.8, 4) is 17.2 Å². The number of halogens is 3. The Labute approximate surface area is 182 Å². The average molecular weight is 430 g/mol. The van der Waals surface area contributed by atoms with Crippen LogP contribution in [-0.4, -0.2) is 5.91 Å². The van der Waals surface area contributed by atoms with Crippen LogP contribution in [0.4, 0.5) is 13.2 Å². The second-order valence-corrected chi connectivity index (χ2v) is 7.31. The van der Waals surface area contributed by atoms with Gasteiger partial charge >= 0.3 is 6.18 Å². The molecule has 0 saturated heterocycles. The van der Waals surface area contributed by atoms with E-state index in [1.807, 2.05) is 24.3 Å². The van der Waals surface area contributed by atoms with Gasteiger partial charge in [-0.25, -0.2) is 0 Å². The Morgan fingerprint density at radius 3 is 2.38 bits per heavy atom. The van der Waals surface area contributed by atoms with Gasteiger partial charge in [-0.3, -0.25) is 4.79 Å². The lowest BCUT2D eigenvalue weighted by Gasteiger charge is -2.11. The van der Waals surface area contributed by atoms with Crippen LogP contribution in [0.3, 0.4) is 0 Å². The first-order chi connectivity index (χ1) is 15.3. The van der Waals surface area contributed by atoms with Crippen LogP contribution in [0.2, 0.25) is 0 Å². The van der Waals surface area contributed by atoms with Crippen molar-refractivity contribution in [2.24, 2.45) is 0 Å². The summed E-state index contributed by atoms with van der Waals surface area (Å²) >= 11 is 0. The Balaban J connectivity index is 1.57.